The molecule has 3 heterocycles. The minimum Gasteiger partial charge on any atom is -0.459 e. The van der Waals surface area contributed by atoms with E-state index in [0.717, 1.165) is 18.4 Å². The number of nitrogens with zero attached hydrogens (tertiary/aromatic N) is 3. The Kier molecular flexibility index (Phi) is 5.65. The number of carbonyl (C=O) groups excluding carboxylic acids is 2. The predicted molar refractivity (Wildman–Crippen MR) is 109 cm³/mol. The van der Waals surface area contributed by atoms with Gasteiger partial charge in [-0.2, -0.15) is 4.98 Å². The van der Waals surface area contributed by atoms with Crippen LogP contribution in [-0.2, 0) is 4.79 Å². The lowest BCUT2D eigenvalue weighted by Gasteiger charge is -2.32. The zero-order valence-corrected chi connectivity index (χ0v) is 17.0. The summed E-state index contributed by atoms with van der Waals surface area (Å²) in [5.74, 6) is 0.988. The van der Waals surface area contributed by atoms with Crippen molar-refractivity contribution >= 4 is 11.8 Å². The summed E-state index contributed by atoms with van der Waals surface area (Å²) in [6.07, 6.45) is 2.90. The highest BCUT2D eigenvalue weighted by atomic mass is 16.5. The SMILES string of the molecule is Cc1ccc(-c2noc(C3CCN(C(=O)[C@H](C)NC(=O)c4ccco4)CC3)n2)cc1. The van der Waals surface area contributed by atoms with Gasteiger partial charge >= 0.3 is 0 Å². The normalized spacial score (nSPS) is 15.7. The maximum Gasteiger partial charge on any atom is 0.287 e. The number of hydrogen-bond acceptors (Lipinski definition) is 6. The van der Waals surface area contributed by atoms with Gasteiger partial charge in [0.2, 0.25) is 17.6 Å². The van der Waals surface area contributed by atoms with Crippen molar-refractivity contribution in [3.05, 3.63) is 59.9 Å². The zero-order chi connectivity index (χ0) is 21.1. The third kappa shape index (κ3) is 4.27. The lowest BCUT2D eigenvalue weighted by molar-refractivity contribution is -0.134. The van der Waals surface area contributed by atoms with Crippen LogP contribution in [-0.4, -0.2) is 46.0 Å². The van der Waals surface area contributed by atoms with Crippen LogP contribution in [0.4, 0.5) is 0 Å². The Morgan fingerprint density at radius 3 is 2.57 bits per heavy atom. The molecule has 1 aliphatic heterocycles. The molecule has 1 atom stereocenters. The number of benzene rings is 1. The number of nitrogens with one attached hydrogen (secondary N) is 1. The molecule has 4 rings (SSSR count). The monoisotopic (exact) mass is 408 g/mol. The Hall–Kier alpha value is -3.42. The first-order valence-corrected chi connectivity index (χ1v) is 10.0. The summed E-state index contributed by atoms with van der Waals surface area (Å²) in [6.45, 7) is 4.87. The zero-order valence-electron chi connectivity index (χ0n) is 17.0. The van der Waals surface area contributed by atoms with Crippen LogP contribution in [0.3, 0.4) is 0 Å². The molecule has 0 radical (unpaired) electrons. The molecule has 1 saturated heterocycles. The molecule has 2 aromatic heterocycles. The number of amides is 2. The summed E-state index contributed by atoms with van der Waals surface area (Å²) < 4.78 is 10.6. The average Bonchev–Trinajstić information content (AvgIpc) is 3.46. The Balaban J connectivity index is 1.32. The summed E-state index contributed by atoms with van der Waals surface area (Å²) in [6, 6.07) is 10.5. The smallest absolute Gasteiger partial charge is 0.287 e. The second-order valence-electron chi connectivity index (χ2n) is 7.59. The number of furan rings is 1. The number of likely N-dealkylation sites (tertiary alicyclic amines) is 1. The second-order valence-corrected chi connectivity index (χ2v) is 7.59. The van der Waals surface area contributed by atoms with Gasteiger partial charge in [0.25, 0.3) is 5.91 Å². The molecular formula is C22H24N4O4. The van der Waals surface area contributed by atoms with Gasteiger partial charge in [-0.1, -0.05) is 35.0 Å². The molecule has 8 heteroatoms. The van der Waals surface area contributed by atoms with Crippen molar-refractivity contribution in [2.24, 2.45) is 0 Å². The van der Waals surface area contributed by atoms with Crippen LogP contribution in [0.25, 0.3) is 11.4 Å². The molecule has 0 spiro atoms. The summed E-state index contributed by atoms with van der Waals surface area (Å²) >= 11 is 0. The van der Waals surface area contributed by atoms with E-state index in [1.165, 1.54) is 11.8 Å². The quantitative estimate of drug-likeness (QED) is 0.696. The molecule has 1 aliphatic rings. The van der Waals surface area contributed by atoms with Gasteiger partial charge in [-0.15, -0.1) is 0 Å². The Labute approximate surface area is 174 Å². The summed E-state index contributed by atoms with van der Waals surface area (Å²) in [7, 11) is 0. The lowest BCUT2D eigenvalue weighted by Crippen LogP contribution is -2.49. The second kappa shape index (κ2) is 8.52. The van der Waals surface area contributed by atoms with Crippen LogP contribution in [0, 0.1) is 6.92 Å². The van der Waals surface area contributed by atoms with E-state index in [-0.39, 0.29) is 17.6 Å². The number of aromatic nitrogens is 2. The van der Waals surface area contributed by atoms with Gasteiger partial charge in [-0.05, 0) is 38.8 Å². The van der Waals surface area contributed by atoms with Crippen LogP contribution in [0.15, 0.2) is 51.6 Å². The van der Waals surface area contributed by atoms with Crippen molar-refractivity contribution in [1.29, 1.82) is 0 Å². The summed E-state index contributed by atoms with van der Waals surface area (Å²) in [5.41, 5.74) is 2.10. The highest BCUT2D eigenvalue weighted by Gasteiger charge is 2.30. The fraction of sp³-hybridized carbons (Fsp3) is 0.364. The van der Waals surface area contributed by atoms with Crippen molar-refractivity contribution in [1.82, 2.24) is 20.4 Å². The molecule has 0 aliphatic carbocycles. The van der Waals surface area contributed by atoms with Crippen LogP contribution in [0.1, 0.15) is 47.7 Å². The number of piperidine rings is 1. The Morgan fingerprint density at radius 1 is 1.17 bits per heavy atom. The first-order valence-electron chi connectivity index (χ1n) is 10.0. The average molecular weight is 408 g/mol. The van der Waals surface area contributed by atoms with Gasteiger partial charge in [0, 0.05) is 24.6 Å². The highest BCUT2D eigenvalue weighted by molar-refractivity contribution is 5.95. The molecule has 0 bridgehead atoms. The van der Waals surface area contributed by atoms with Crippen molar-refractivity contribution in [3.63, 3.8) is 0 Å². The largest absolute Gasteiger partial charge is 0.459 e. The first-order chi connectivity index (χ1) is 14.5. The molecule has 0 unspecified atom stereocenters. The molecule has 1 fully saturated rings. The van der Waals surface area contributed by atoms with Gasteiger partial charge < -0.3 is 19.2 Å². The van der Waals surface area contributed by atoms with Gasteiger partial charge in [0.1, 0.15) is 6.04 Å². The van der Waals surface area contributed by atoms with E-state index in [1.807, 2.05) is 31.2 Å². The van der Waals surface area contributed by atoms with E-state index in [9.17, 15) is 9.59 Å². The van der Waals surface area contributed by atoms with Gasteiger partial charge in [0.05, 0.1) is 6.26 Å². The van der Waals surface area contributed by atoms with Crippen LogP contribution < -0.4 is 5.32 Å². The fourth-order valence-corrected chi connectivity index (χ4v) is 3.58. The van der Waals surface area contributed by atoms with Crippen molar-refractivity contribution in [3.8, 4) is 11.4 Å². The van der Waals surface area contributed by atoms with Crippen molar-refractivity contribution in [2.45, 2.75) is 38.6 Å². The van der Waals surface area contributed by atoms with Crippen LogP contribution in [0.5, 0.6) is 0 Å². The fourth-order valence-electron chi connectivity index (χ4n) is 3.58. The van der Waals surface area contributed by atoms with Crippen LogP contribution in [0.2, 0.25) is 0 Å². The van der Waals surface area contributed by atoms with E-state index < -0.39 is 11.9 Å². The van der Waals surface area contributed by atoms with Crippen molar-refractivity contribution in [2.75, 3.05) is 13.1 Å². The third-order valence-electron chi connectivity index (χ3n) is 5.37. The maximum absolute atomic E-state index is 12.7. The van der Waals surface area contributed by atoms with Gasteiger partial charge in [-0.3, -0.25) is 9.59 Å². The molecule has 1 N–H and O–H groups in total. The van der Waals surface area contributed by atoms with Gasteiger partial charge in [0.15, 0.2) is 5.76 Å². The molecule has 8 nitrogen and oxygen atoms in total. The number of carbonyl (C=O) groups is 2. The number of hydrogen-bond donors (Lipinski definition) is 1. The lowest BCUT2D eigenvalue weighted by atomic mass is 9.96. The van der Waals surface area contributed by atoms with E-state index in [4.69, 9.17) is 8.94 Å². The van der Waals surface area contributed by atoms with E-state index in [0.29, 0.717) is 24.8 Å². The minimum absolute atomic E-state index is 0.112. The molecule has 156 valence electrons. The summed E-state index contributed by atoms with van der Waals surface area (Å²) in [4.78, 5) is 31.1. The minimum atomic E-state index is -0.629. The highest BCUT2D eigenvalue weighted by Crippen LogP contribution is 2.28. The third-order valence-corrected chi connectivity index (χ3v) is 5.37. The van der Waals surface area contributed by atoms with E-state index in [1.54, 1.807) is 24.0 Å². The Bertz CT molecular complexity index is 1000. The van der Waals surface area contributed by atoms with Crippen molar-refractivity contribution < 1.29 is 18.5 Å². The topological polar surface area (TPSA) is 101 Å². The maximum atomic E-state index is 12.7. The van der Waals surface area contributed by atoms with E-state index >= 15 is 0 Å². The summed E-state index contributed by atoms with van der Waals surface area (Å²) in [5, 5.41) is 6.79. The standard InChI is InChI=1S/C22H24N4O4/c1-14-5-7-16(8-6-14)19-24-21(30-25-19)17-9-11-26(12-10-17)22(28)15(2)23-20(27)18-4-3-13-29-18/h3-8,13,15,17H,9-12H2,1-2H3,(H,23,27)/t15-/m0/s1. The molecule has 30 heavy (non-hydrogen) atoms. The molecule has 3 aromatic rings. The van der Waals surface area contributed by atoms with E-state index in [2.05, 4.69) is 15.5 Å². The first kappa shape index (κ1) is 19.9. The molecular weight excluding hydrogens is 384 g/mol. The van der Waals surface area contributed by atoms with Gasteiger partial charge in [-0.25, -0.2) is 0 Å². The predicted octanol–water partition coefficient (Wildman–Crippen LogP) is 3.16. The molecule has 1 aromatic carbocycles. The molecule has 0 saturated carbocycles. The van der Waals surface area contributed by atoms with Crippen LogP contribution >= 0.6 is 0 Å². The number of rotatable bonds is 5. The Morgan fingerprint density at radius 2 is 1.90 bits per heavy atom. The molecule has 2 amide bonds. The number of aryl methyl sites for hydroxylation is 1.